The van der Waals surface area contributed by atoms with Gasteiger partial charge < -0.3 is 14.8 Å². The number of hydrogen-bond donors (Lipinski definition) is 2. The van der Waals surface area contributed by atoms with Crippen molar-refractivity contribution in [1.82, 2.24) is 10.2 Å². The van der Waals surface area contributed by atoms with Gasteiger partial charge in [-0.1, -0.05) is 35.2 Å². The van der Waals surface area contributed by atoms with Crippen molar-refractivity contribution in [3.8, 4) is 11.5 Å². The second kappa shape index (κ2) is 10.6. The summed E-state index contributed by atoms with van der Waals surface area (Å²) in [4.78, 5) is 24.6. The van der Waals surface area contributed by atoms with Crippen LogP contribution in [0.25, 0.3) is 0 Å². The zero-order valence-corrected chi connectivity index (χ0v) is 18.0. The van der Waals surface area contributed by atoms with Crippen molar-refractivity contribution in [2.45, 2.75) is 11.3 Å². The molecule has 0 atom stereocenters. The standard InChI is InChI=1S/C20H20N4O4S2/c1-3-28-14-10-8-13(9-11-14)21-17(25)12-29-20-24-23-19(30-20)22-18(26)15-6-4-5-7-16(15)27-2/h4-11H,3,12H2,1-2H3,(H,21,25)(H,22,23,26). The molecule has 0 saturated heterocycles. The van der Waals surface area contributed by atoms with Crippen LogP contribution in [0.15, 0.2) is 52.9 Å². The Kier molecular flexibility index (Phi) is 7.63. The molecule has 0 radical (unpaired) electrons. The lowest BCUT2D eigenvalue weighted by atomic mass is 10.2. The number of ether oxygens (including phenoxy) is 2. The Morgan fingerprint density at radius 2 is 1.83 bits per heavy atom. The SMILES string of the molecule is CCOc1ccc(NC(=O)CSc2nnc(NC(=O)c3ccccc3OC)s2)cc1. The van der Waals surface area contributed by atoms with Crippen LogP contribution in [-0.4, -0.2) is 41.5 Å². The van der Waals surface area contributed by atoms with Crippen LogP contribution in [0.3, 0.4) is 0 Å². The van der Waals surface area contributed by atoms with Gasteiger partial charge in [0, 0.05) is 5.69 Å². The zero-order valence-electron chi connectivity index (χ0n) is 16.4. The molecule has 2 N–H and O–H groups in total. The maximum absolute atomic E-state index is 12.4. The monoisotopic (exact) mass is 444 g/mol. The number of para-hydroxylation sites is 1. The maximum Gasteiger partial charge on any atom is 0.261 e. The summed E-state index contributed by atoms with van der Waals surface area (Å²) in [6, 6.07) is 14.1. The summed E-state index contributed by atoms with van der Waals surface area (Å²) in [5.41, 5.74) is 1.09. The van der Waals surface area contributed by atoms with Gasteiger partial charge in [-0.2, -0.15) is 0 Å². The summed E-state index contributed by atoms with van der Waals surface area (Å²) in [5, 5.41) is 13.8. The third kappa shape index (κ3) is 5.94. The van der Waals surface area contributed by atoms with Crippen LogP contribution in [0.2, 0.25) is 0 Å². The van der Waals surface area contributed by atoms with E-state index in [9.17, 15) is 9.59 Å². The van der Waals surface area contributed by atoms with Crippen LogP contribution in [0.1, 0.15) is 17.3 Å². The van der Waals surface area contributed by atoms with Gasteiger partial charge in [-0.15, -0.1) is 10.2 Å². The second-order valence-corrected chi connectivity index (χ2v) is 8.02. The molecule has 0 fully saturated rings. The molecule has 0 aliphatic carbocycles. The molecule has 2 amide bonds. The molecule has 156 valence electrons. The zero-order chi connectivity index (χ0) is 21.3. The van der Waals surface area contributed by atoms with Gasteiger partial charge in [0.1, 0.15) is 11.5 Å². The van der Waals surface area contributed by atoms with Gasteiger partial charge >= 0.3 is 0 Å². The molecule has 8 nitrogen and oxygen atoms in total. The molecule has 2 aromatic carbocycles. The molecular weight excluding hydrogens is 424 g/mol. The smallest absolute Gasteiger partial charge is 0.261 e. The first kappa shape index (κ1) is 21.6. The van der Waals surface area contributed by atoms with E-state index in [0.717, 1.165) is 5.75 Å². The Hall–Kier alpha value is -3.11. The molecule has 10 heteroatoms. The average Bonchev–Trinajstić information content (AvgIpc) is 3.21. The van der Waals surface area contributed by atoms with Gasteiger partial charge in [-0.25, -0.2) is 0 Å². The molecule has 3 aromatic rings. The van der Waals surface area contributed by atoms with Crippen LogP contribution in [0.5, 0.6) is 11.5 Å². The van der Waals surface area contributed by atoms with Crippen LogP contribution < -0.4 is 20.1 Å². The fourth-order valence-electron chi connectivity index (χ4n) is 2.44. The number of benzene rings is 2. The third-order valence-electron chi connectivity index (χ3n) is 3.75. The van der Waals surface area contributed by atoms with E-state index in [1.54, 1.807) is 48.5 Å². The first-order chi connectivity index (χ1) is 14.6. The molecule has 0 aliphatic heterocycles. The van der Waals surface area contributed by atoms with E-state index in [0.29, 0.717) is 33.1 Å². The molecule has 30 heavy (non-hydrogen) atoms. The first-order valence-corrected chi connectivity index (χ1v) is 10.8. The van der Waals surface area contributed by atoms with E-state index in [4.69, 9.17) is 9.47 Å². The van der Waals surface area contributed by atoms with E-state index in [1.807, 2.05) is 6.92 Å². The largest absolute Gasteiger partial charge is 0.496 e. The number of rotatable bonds is 9. The molecule has 0 spiro atoms. The third-order valence-corrected chi connectivity index (χ3v) is 5.73. The van der Waals surface area contributed by atoms with Crippen molar-refractivity contribution >= 4 is 45.7 Å². The topological polar surface area (TPSA) is 102 Å². The fraction of sp³-hybridized carbons (Fsp3) is 0.200. The quantitative estimate of drug-likeness (QED) is 0.381. The number of carbonyl (C=O) groups excluding carboxylic acids is 2. The highest BCUT2D eigenvalue weighted by Gasteiger charge is 2.15. The number of thioether (sulfide) groups is 1. The second-order valence-electron chi connectivity index (χ2n) is 5.82. The number of aromatic nitrogens is 2. The number of nitrogens with one attached hydrogen (secondary N) is 2. The summed E-state index contributed by atoms with van der Waals surface area (Å²) >= 11 is 2.44. The summed E-state index contributed by atoms with van der Waals surface area (Å²) < 4.78 is 11.1. The summed E-state index contributed by atoms with van der Waals surface area (Å²) in [6.07, 6.45) is 0. The number of hydrogen-bond acceptors (Lipinski definition) is 8. The average molecular weight is 445 g/mol. The van der Waals surface area contributed by atoms with Crippen molar-refractivity contribution in [3.05, 3.63) is 54.1 Å². The Balaban J connectivity index is 1.50. The molecule has 0 aliphatic rings. The highest BCUT2D eigenvalue weighted by Crippen LogP contribution is 2.27. The number of methoxy groups -OCH3 is 1. The number of anilines is 2. The van der Waals surface area contributed by atoms with Gasteiger partial charge in [-0.05, 0) is 43.3 Å². The molecule has 1 aromatic heterocycles. The van der Waals surface area contributed by atoms with Crippen LogP contribution in [0, 0.1) is 0 Å². The number of amides is 2. The molecular formula is C20H20N4O4S2. The van der Waals surface area contributed by atoms with E-state index in [2.05, 4.69) is 20.8 Å². The van der Waals surface area contributed by atoms with E-state index in [-0.39, 0.29) is 17.6 Å². The lowest BCUT2D eigenvalue weighted by Gasteiger charge is -2.06. The highest BCUT2D eigenvalue weighted by molar-refractivity contribution is 8.01. The Morgan fingerprint density at radius 1 is 1.07 bits per heavy atom. The van der Waals surface area contributed by atoms with Gasteiger partial charge in [0.15, 0.2) is 4.34 Å². The normalized spacial score (nSPS) is 10.3. The number of carbonyl (C=O) groups is 2. The van der Waals surface area contributed by atoms with E-state index >= 15 is 0 Å². The fourth-order valence-corrected chi connectivity index (χ4v) is 3.99. The van der Waals surface area contributed by atoms with Gasteiger partial charge in [0.25, 0.3) is 5.91 Å². The Labute approximate surface area is 182 Å². The van der Waals surface area contributed by atoms with Gasteiger partial charge in [0.05, 0.1) is 25.0 Å². The molecule has 0 unspecified atom stereocenters. The van der Waals surface area contributed by atoms with E-state index < -0.39 is 0 Å². The van der Waals surface area contributed by atoms with Gasteiger partial charge in [-0.3, -0.25) is 14.9 Å². The van der Waals surface area contributed by atoms with Crippen LogP contribution in [0.4, 0.5) is 10.8 Å². The summed E-state index contributed by atoms with van der Waals surface area (Å²) in [6.45, 7) is 2.50. The lowest BCUT2D eigenvalue weighted by Crippen LogP contribution is -2.13. The lowest BCUT2D eigenvalue weighted by molar-refractivity contribution is -0.113. The summed E-state index contributed by atoms with van der Waals surface area (Å²) in [7, 11) is 1.50. The first-order valence-electron chi connectivity index (χ1n) is 9.02. The molecule has 1 heterocycles. The van der Waals surface area contributed by atoms with Crippen molar-refractivity contribution in [2.24, 2.45) is 0 Å². The number of nitrogens with zero attached hydrogens (tertiary/aromatic N) is 2. The minimum atomic E-state index is -0.339. The minimum Gasteiger partial charge on any atom is -0.496 e. The predicted octanol–water partition coefficient (Wildman–Crippen LogP) is 3.93. The molecule has 0 saturated carbocycles. The van der Waals surface area contributed by atoms with Crippen molar-refractivity contribution < 1.29 is 19.1 Å². The van der Waals surface area contributed by atoms with Crippen molar-refractivity contribution in [2.75, 3.05) is 30.1 Å². The summed E-state index contributed by atoms with van der Waals surface area (Å²) in [5.74, 6) is 0.885. The van der Waals surface area contributed by atoms with E-state index in [1.165, 1.54) is 30.2 Å². The maximum atomic E-state index is 12.4. The Morgan fingerprint density at radius 3 is 2.57 bits per heavy atom. The minimum absolute atomic E-state index is 0.168. The van der Waals surface area contributed by atoms with Crippen molar-refractivity contribution in [1.29, 1.82) is 0 Å². The van der Waals surface area contributed by atoms with Crippen LogP contribution in [-0.2, 0) is 4.79 Å². The van der Waals surface area contributed by atoms with Gasteiger partial charge in [0.2, 0.25) is 11.0 Å². The molecule has 0 bridgehead atoms. The predicted molar refractivity (Wildman–Crippen MR) is 118 cm³/mol. The molecule has 3 rings (SSSR count). The van der Waals surface area contributed by atoms with Crippen molar-refractivity contribution in [3.63, 3.8) is 0 Å². The Bertz CT molecular complexity index is 1010. The highest BCUT2D eigenvalue weighted by atomic mass is 32.2. The van der Waals surface area contributed by atoms with Crippen LogP contribution >= 0.6 is 23.1 Å².